The molecule has 76 valence electrons. The van der Waals surface area contributed by atoms with Gasteiger partial charge in [-0.2, -0.15) is 5.10 Å². The van der Waals surface area contributed by atoms with E-state index >= 15 is 0 Å². The highest BCUT2D eigenvalue weighted by Crippen LogP contribution is 2.55. The van der Waals surface area contributed by atoms with Crippen LogP contribution in [0.3, 0.4) is 0 Å². The lowest BCUT2D eigenvalue weighted by Crippen LogP contribution is -2.05. The molecule has 0 bridgehead atoms. The Bertz CT molecular complexity index is 384. The van der Waals surface area contributed by atoms with Gasteiger partial charge in [0.2, 0.25) is 0 Å². The molecule has 2 atom stereocenters. The number of alkyl halides is 2. The van der Waals surface area contributed by atoms with E-state index in [1.54, 1.807) is 11.7 Å². The molecular weight excluding hydrogens is 186 g/mol. The molecule has 1 heterocycles. The summed E-state index contributed by atoms with van der Waals surface area (Å²) in [5.41, 5.74) is 1.94. The van der Waals surface area contributed by atoms with E-state index in [1.807, 2.05) is 0 Å². The van der Waals surface area contributed by atoms with Crippen molar-refractivity contribution in [2.75, 3.05) is 0 Å². The van der Waals surface area contributed by atoms with Crippen LogP contribution in [-0.4, -0.2) is 9.78 Å². The highest BCUT2D eigenvalue weighted by atomic mass is 19.3. The molecular formula is C10H12F2N2. The van der Waals surface area contributed by atoms with Crippen molar-refractivity contribution in [3.63, 3.8) is 0 Å². The van der Waals surface area contributed by atoms with Gasteiger partial charge < -0.3 is 0 Å². The fraction of sp³-hybridized carbons (Fsp3) is 0.700. The summed E-state index contributed by atoms with van der Waals surface area (Å²) in [5, 5.41) is 3.94. The fourth-order valence-corrected chi connectivity index (χ4v) is 2.73. The van der Waals surface area contributed by atoms with Crippen molar-refractivity contribution in [1.29, 1.82) is 0 Å². The molecule has 3 rings (SSSR count). The zero-order valence-electron chi connectivity index (χ0n) is 8.00. The molecule has 1 fully saturated rings. The zero-order valence-corrected chi connectivity index (χ0v) is 8.00. The minimum Gasteiger partial charge on any atom is -0.272 e. The Labute approximate surface area is 80.9 Å². The number of hydrogen-bond acceptors (Lipinski definition) is 1. The molecule has 0 aliphatic heterocycles. The highest BCUT2D eigenvalue weighted by molar-refractivity contribution is 5.36. The van der Waals surface area contributed by atoms with Gasteiger partial charge in [0.05, 0.1) is 0 Å². The molecule has 0 aromatic carbocycles. The van der Waals surface area contributed by atoms with Crippen LogP contribution in [0.5, 0.6) is 0 Å². The van der Waals surface area contributed by atoms with Gasteiger partial charge in [-0.3, -0.25) is 4.68 Å². The number of fused-ring (bicyclic) bond motifs is 3. The minimum absolute atomic E-state index is 0.0212. The number of hydrogen-bond donors (Lipinski definition) is 0. The molecule has 0 spiro atoms. The number of nitrogens with zero attached hydrogens (tertiary/aromatic N) is 2. The first kappa shape index (κ1) is 8.38. The van der Waals surface area contributed by atoms with Gasteiger partial charge in [0.15, 0.2) is 0 Å². The van der Waals surface area contributed by atoms with Gasteiger partial charge in [0.25, 0.3) is 6.43 Å². The van der Waals surface area contributed by atoms with Crippen LogP contribution < -0.4 is 0 Å². The van der Waals surface area contributed by atoms with Gasteiger partial charge in [-0.05, 0) is 25.2 Å². The quantitative estimate of drug-likeness (QED) is 0.677. The maximum Gasteiger partial charge on any atom is 0.282 e. The Kier molecular flexibility index (Phi) is 1.53. The SMILES string of the molecule is Cn1nc(C(F)F)c2c1[C@@H]1C[C@@H]1CC2. The summed E-state index contributed by atoms with van der Waals surface area (Å²) < 4.78 is 26.9. The fourth-order valence-electron chi connectivity index (χ4n) is 2.73. The zero-order chi connectivity index (χ0) is 9.87. The summed E-state index contributed by atoms with van der Waals surface area (Å²) in [6.45, 7) is 0. The number of aromatic nitrogens is 2. The highest BCUT2D eigenvalue weighted by Gasteiger charge is 2.46. The van der Waals surface area contributed by atoms with Crippen LogP contribution in [-0.2, 0) is 13.5 Å². The van der Waals surface area contributed by atoms with Crippen LogP contribution in [0.25, 0.3) is 0 Å². The van der Waals surface area contributed by atoms with Crippen molar-refractivity contribution in [2.45, 2.75) is 31.6 Å². The topological polar surface area (TPSA) is 17.8 Å². The third kappa shape index (κ3) is 0.967. The minimum atomic E-state index is -2.42. The van der Waals surface area contributed by atoms with E-state index in [4.69, 9.17) is 0 Å². The second kappa shape index (κ2) is 2.55. The second-order valence-electron chi connectivity index (χ2n) is 4.31. The summed E-state index contributed by atoms with van der Waals surface area (Å²) in [7, 11) is 1.78. The Balaban J connectivity index is 2.13. The van der Waals surface area contributed by atoms with E-state index in [1.165, 1.54) is 6.42 Å². The van der Waals surface area contributed by atoms with E-state index in [-0.39, 0.29) is 5.69 Å². The molecule has 0 unspecified atom stereocenters. The van der Waals surface area contributed by atoms with Crippen LogP contribution in [0.1, 0.15) is 42.1 Å². The lowest BCUT2D eigenvalue weighted by Gasteiger charge is -2.11. The molecule has 1 aromatic heterocycles. The monoisotopic (exact) mass is 198 g/mol. The molecule has 1 saturated carbocycles. The van der Waals surface area contributed by atoms with Crippen LogP contribution in [0.4, 0.5) is 8.78 Å². The van der Waals surface area contributed by atoms with E-state index in [0.29, 0.717) is 5.92 Å². The largest absolute Gasteiger partial charge is 0.282 e. The van der Waals surface area contributed by atoms with E-state index in [9.17, 15) is 8.78 Å². The smallest absolute Gasteiger partial charge is 0.272 e. The normalized spacial score (nSPS) is 28.9. The molecule has 14 heavy (non-hydrogen) atoms. The van der Waals surface area contributed by atoms with Crippen molar-refractivity contribution < 1.29 is 8.78 Å². The van der Waals surface area contributed by atoms with Crippen LogP contribution >= 0.6 is 0 Å². The predicted octanol–water partition coefficient (Wildman–Crippen LogP) is 2.41. The van der Waals surface area contributed by atoms with Crippen molar-refractivity contribution in [1.82, 2.24) is 9.78 Å². The molecule has 0 saturated heterocycles. The summed E-state index contributed by atoms with van der Waals surface area (Å²) in [6, 6.07) is 0. The average Bonchev–Trinajstić information content (AvgIpc) is 2.84. The van der Waals surface area contributed by atoms with Crippen molar-refractivity contribution in [3.8, 4) is 0 Å². The molecule has 2 nitrogen and oxygen atoms in total. The average molecular weight is 198 g/mol. The molecule has 2 aliphatic rings. The Morgan fingerprint density at radius 2 is 2.29 bits per heavy atom. The first-order valence-corrected chi connectivity index (χ1v) is 5.02. The maximum absolute atomic E-state index is 12.6. The van der Waals surface area contributed by atoms with Gasteiger partial charge in [0, 0.05) is 24.2 Å². The summed E-state index contributed by atoms with van der Waals surface area (Å²) in [4.78, 5) is 0. The molecule has 0 N–H and O–H groups in total. The van der Waals surface area contributed by atoms with Gasteiger partial charge in [-0.25, -0.2) is 8.78 Å². The van der Waals surface area contributed by atoms with Crippen molar-refractivity contribution in [2.24, 2.45) is 13.0 Å². The van der Waals surface area contributed by atoms with Gasteiger partial charge in [-0.15, -0.1) is 0 Å². The Morgan fingerprint density at radius 1 is 1.50 bits per heavy atom. The predicted molar refractivity (Wildman–Crippen MR) is 47.3 cm³/mol. The summed E-state index contributed by atoms with van der Waals surface area (Å²) in [5.74, 6) is 1.28. The standard InChI is InChI=1S/C10H12F2N2/c1-14-9-6(8(13-14)10(11)12)3-2-5-4-7(5)9/h5,7,10H,2-4H2,1H3/t5-,7+/m0/s1. The van der Waals surface area contributed by atoms with Crippen LogP contribution in [0.2, 0.25) is 0 Å². The third-order valence-corrected chi connectivity index (χ3v) is 3.47. The van der Waals surface area contributed by atoms with Crippen LogP contribution in [0, 0.1) is 5.92 Å². The Morgan fingerprint density at radius 3 is 3.00 bits per heavy atom. The Hall–Kier alpha value is -0.930. The second-order valence-corrected chi connectivity index (χ2v) is 4.31. The van der Waals surface area contributed by atoms with Crippen molar-refractivity contribution in [3.05, 3.63) is 17.0 Å². The first-order chi connectivity index (χ1) is 6.68. The molecule has 4 heteroatoms. The van der Waals surface area contributed by atoms with Gasteiger partial charge in [0.1, 0.15) is 5.69 Å². The lowest BCUT2D eigenvalue weighted by molar-refractivity contribution is 0.144. The third-order valence-electron chi connectivity index (χ3n) is 3.47. The van der Waals surface area contributed by atoms with E-state index in [0.717, 1.165) is 30.0 Å². The molecule has 2 aliphatic carbocycles. The lowest BCUT2D eigenvalue weighted by atomic mass is 9.96. The summed E-state index contributed by atoms with van der Waals surface area (Å²) in [6.07, 6.45) is 0.628. The number of halogens is 2. The van der Waals surface area contributed by atoms with Gasteiger partial charge in [-0.1, -0.05) is 0 Å². The maximum atomic E-state index is 12.6. The van der Waals surface area contributed by atoms with Crippen molar-refractivity contribution >= 4 is 0 Å². The first-order valence-electron chi connectivity index (χ1n) is 5.02. The van der Waals surface area contributed by atoms with Crippen LogP contribution in [0.15, 0.2) is 0 Å². The summed E-state index contributed by atoms with van der Waals surface area (Å²) >= 11 is 0. The number of aryl methyl sites for hydroxylation is 1. The molecule has 0 radical (unpaired) electrons. The van der Waals surface area contributed by atoms with E-state index < -0.39 is 6.43 Å². The van der Waals surface area contributed by atoms with E-state index in [2.05, 4.69) is 5.10 Å². The van der Waals surface area contributed by atoms with Gasteiger partial charge >= 0.3 is 0 Å². The number of rotatable bonds is 1. The molecule has 1 aromatic rings. The molecule has 0 amide bonds.